The number of ether oxygens (including phenoxy) is 1. The predicted octanol–water partition coefficient (Wildman–Crippen LogP) is 0.806. The molecule has 1 atom stereocenters. The Bertz CT molecular complexity index is 390. The van der Waals surface area contributed by atoms with Crippen LogP contribution in [0.4, 0.5) is 0 Å². The van der Waals surface area contributed by atoms with E-state index < -0.39 is 6.10 Å². The summed E-state index contributed by atoms with van der Waals surface area (Å²) in [6.45, 7) is 0.592. The fourth-order valence-corrected chi connectivity index (χ4v) is 1.48. The number of nitrogens with zero attached hydrogens (tertiary/aromatic N) is 1. The van der Waals surface area contributed by atoms with Crippen molar-refractivity contribution >= 4 is 12.6 Å². The maximum Gasteiger partial charge on any atom is 0.138 e. The summed E-state index contributed by atoms with van der Waals surface area (Å²) in [7, 11) is 1.75. The molecule has 1 rings (SSSR count). The summed E-state index contributed by atoms with van der Waals surface area (Å²) >= 11 is 4.16. The number of thiol groups is 1. The number of hydrogen-bond acceptors (Lipinski definition) is 5. The summed E-state index contributed by atoms with van der Waals surface area (Å²) in [6.07, 6.45) is -0.597. The second-order valence-corrected chi connectivity index (χ2v) is 3.77. The number of nitriles is 1. The van der Waals surface area contributed by atoms with Crippen molar-refractivity contribution in [2.24, 2.45) is 0 Å². The summed E-state index contributed by atoms with van der Waals surface area (Å²) < 4.78 is 5.36. The van der Waals surface area contributed by atoms with Crippen LogP contribution in [0.25, 0.3) is 0 Å². The summed E-state index contributed by atoms with van der Waals surface area (Å²) in [5.41, 5.74) is 0.391. The number of rotatable bonds is 5. The second kappa shape index (κ2) is 6.38. The zero-order valence-electron chi connectivity index (χ0n) is 8.97. The highest BCUT2D eigenvalue weighted by molar-refractivity contribution is 7.80. The summed E-state index contributed by atoms with van der Waals surface area (Å²) in [6, 6.07) is 7.18. The quantitative estimate of drug-likeness (QED) is 0.664. The van der Waals surface area contributed by atoms with Crippen LogP contribution in [-0.2, 0) is 0 Å². The van der Waals surface area contributed by atoms with Crippen molar-refractivity contribution in [3.8, 4) is 11.8 Å². The van der Waals surface area contributed by atoms with Crippen LogP contribution in [0, 0.1) is 11.3 Å². The first-order chi connectivity index (χ1) is 7.69. The van der Waals surface area contributed by atoms with Crippen LogP contribution in [0.1, 0.15) is 5.56 Å². The highest BCUT2D eigenvalue weighted by Crippen LogP contribution is 2.24. The fourth-order valence-electron chi connectivity index (χ4n) is 1.23. The van der Waals surface area contributed by atoms with Crippen molar-refractivity contribution in [1.29, 1.82) is 5.26 Å². The third-order valence-electron chi connectivity index (χ3n) is 1.99. The van der Waals surface area contributed by atoms with Crippen LogP contribution in [0.3, 0.4) is 0 Å². The number of aliphatic hydroxyl groups is 1. The summed E-state index contributed by atoms with van der Waals surface area (Å²) in [5.74, 6) is 0.449. The van der Waals surface area contributed by atoms with Crippen molar-refractivity contribution in [2.45, 2.75) is 11.0 Å². The van der Waals surface area contributed by atoms with Gasteiger partial charge in [0.1, 0.15) is 30.1 Å². The van der Waals surface area contributed by atoms with Crippen molar-refractivity contribution in [3.05, 3.63) is 23.8 Å². The van der Waals surface area contributed by atoms with Crippen molar-refractivity contribution in [2.75, 3.05) is 20.2 Å². The van der Waals surface area contributed by atoms with Gasteiger partial charge in [0, 0.05) is 11.4 Å². The minimum absolute atomic E-state index is 0.146. The summed E-state index contributed by atoms with van der Waals surface area (Å²) in [5, 5.41) is 21.2. The van der Waals surface area contributed by atoms with Gasteiger partial charge in [-0.15, -0.1) is 12.6 Å². The molecule has 0 saturated carbocycles. The highest BCUT2D eigenvalue weighted by atomic mass is 32.1. The molecule has 5 heteroatoms. The molecule has 16 heavy (non-hydrogen) atoms. The predicted molar refractivity (Wildman–Crippen MR) is 63.8 cm³/mol. The number of benzene rings is 1. The minimum Gasteiger partial charge on any atom is -0.489 e. The molecule has 0 bridgehead atoms. The van der Waals surface area contributed by atoms with Gasteiger partial charge >= 0.3 is 0 Å². The molecule has 86 valence electrons. The van der Waals surface area contributed by atoms with Gasteiger partial charge in [0.25, 0.3) is 0 Å². The molecule has 0 amide bonds. The van der Waals surface area contributed by atoms with Crippen molar-refractivity contribution in [1.82, 2.24) is 5.32 Å². The largest absolute Gasteiger partial charge is 0.489 e. The minimum atomic E-state index is -0.597. The van der Waals surface area contributed by atoms with E-state index >= 15 is 0 Å². The first kappa shape index (κ1) is 12.8. The van der Waals surface area contributed by atoms with Gasteiger partial charge in [-0.2, -0.15) is 5.26 Å². The third kappa shape index (κ3) is 3.42. The first-order valence-corrected chi connectivity index (χ1v) is 5.31. The lowest BCUT2D eigenvalue weighted by molar-refractivity contribution is 0.108. The molecule has 0 aliphatic heterocycles. The molecule has 0 heterocycles. The number of likely N-dealkylation sites (N-methyl/N-ethyl adjacent to an activating group) is 1. The molecule has 1 unspecified atom stereocenters. The molecule has 0 aromatic heterocycles. The Kier molecular flexibility index (Phi) is 5.12. The molecule has 4 nitrogen and oxygen atoms in total. The number of nitrogens with one attached hydrogen (secondary N) is 1. The Morgan fingerprint density at radius 3 is 3.00 bits per heavy atom. The van der Waals surface area contributed by atoms with E-state index in [1.54, 1.807) is 25.2 Å². The zero-order chi connectivity index (χ0) is 12.0. The average molecular weight is 238 g/mol. The summed E-state index contributed by atoms with van der Waals surface area (Å²) in [4.78, 5) is 0.572. The molecule has 0 fully saturated rings. The average Bonchev–Trinajstić information content (AvgIpc) is 2.27. The molecule has 0 spiro atoms. The van der Waals surface area contributed by atoms with E-state index in [4.69, 9.17) is 10.00 Å². The monoisotopic (exact) mass is 238 g/mol. The van der Waals surface area contributed by atoms with Gasteiger partial charge in [-0.05, 0) is 19.2 Å². The van der Waals surface area contributed by atoms with Gasteiger partial charge in [-0.1, -0.05) is 6.07 Å². The highest BCUT2D eigenvalue weighted by Gasteiger charge is 2.09. The lowest BCUT2D eigenvalue weighted by Crippen LogP contribution is -2.29. The molecule has 1 aromatic carbocycles. The van der Waals surface area contributed by atoms with Gasteiger partial charge in [0.05, 0.1) is 0 Å². The third-order valence-corrected chi connectivity index (χ3v) is 2.36. The van der Waals surface area contributed by atoms with Crippen molar-refractivity contribution < 1.29 is 9.84 Å². The van der Waals surface area contributed by atoms with E-state index in [0.717, 1.165) is 0 Å². The molecular formula is C11H14N2O2S. The van der Waals surface area contributed by atoms with E-state index in [1.807, 2.05) is 6.07 Å². The Balaban J connectivity index is 2.67. The standard InChI is InChI=1S/C11H14N2O2S/c1-13-6-8(14)7-15-10-3-2-4-11(16)9(10)5-12/h2-4,8,13-14,16H,6-7H2,1H3. The number of aliphatic hydroxyl groups excluding tert-OH is 1. The molecule has 0 aliphatic carbocycles. The molecule has 0 aliphatic rings. The Morgan fingerprint density at radius 2 is 2.38 bits per heavy atom. The van der Waals surface area contributed by atoms with Gasteiger partial charge in [0.15, 0.2) is 0 Å². The smallest absolute Gasteiger partial charge is 0.138 e. The van der Waals surface area contributed by atoms with E-state index in [0.29, 0.717) is 22.8 Å². The van der Waals surface area contributed by atoms with E-state index in [1.165, 1.54) is 0 Å². The zero-order valence-corrected chi connectivity index (χ0v) is 9.87. The molecule has 0 radical (unpaired) electrons. The van der Waals surface area contributed by atoms with Crippen LogP contribution < -0.4 is 10.1 Å². The van der Waals surface area contributed by atoms with Crippen molar-refractivity contribution in [3.63, 3.8) is 0 Å². The lowest BCUT2D eigenvalue weighted by atomic mass is 10.2. The Morgan fingerprint density at radius 1 is 1.62 bits per heavy atom. The lowest BCUT2D eigenvalue weighted by Gasteiger charge is -2.13. The maximum atomic E-state index is 9.45. The number of hydrogen-bond donors (Lipinski definition) is 3. The second-order valence-electron chi connectivity index (χ2n) is 3.28. The normalized spacial score (nSPS) is 11.9. The molecule has 0 saturated heterocycles. The topological polar surface area (TPSA) is 65.3 Å². The molecular weight excluding hydrogens is 224 g/mol. The van der Waals surface area contributed by atoms with Gasteiger partial charge in [-0.25, -0.2) is 0 Å². The Hall–Kier alpha value is -1.22. The molecule has 1 aromatic rings. The van der Waals surface area contributed by atoms with E-state index in [-0.39, 0.29) is 6.61 Å². The van der Waals surface area contributed by atoms with E-state index in [2.05, 4.69) is 17.9 Å². The maximum absolute atomic E-state index is 9.45. The molecule has 2 N–H and O–H groups in total. The van der Waals surface area contributed by atoms with Crippen LogP contribution in [-0.4, -0.2) is 31.4 Å². The van der Waals surface area contributed by atoms with Crippen LogP contribution >= 0.6 is 12.6 Å². The fraction of sp³-hybridized carbons (Fsp3) is 0.364. The Labute approximate surface area is 100 Å². The van der Waals surface area contributed by atoms with Gasteiger partial charge in [0.2, 0.25) is 0 Å². The van der Waals surface area contributed by atoms with Crippen LogP contribution in [0.2, 0.25) is 0 Å². The van der Waals surface area contributed by atoms with Gasteiger partial charge in [-0.3, -0.25) is 0 Å². The first-order valence-electron chi connectivity index (χ1n) is 4.86. The SMILES string of the molecule is CNCC(O)COc1cccc(S)c1C#N. The van der Waals surface area contributed by atoms with E-state index in [9.17, 15) is 5.11 Å². The van der Waals surface area contributed by atoms with Crippen LogP contribution in [0.15, 0.2) is 23.1 Å². The van der Waals surface area contributed by atoms with Crippen LogP contribution in [0.5, 0.6) is 5.75 Å². The van der Waals surface area contributed by atoms with Gasteiger partial charge < -0.3 is 15.2 Å².